The average Bonchev–Trinajstić information content (AvgIpc) is 3.19. The molecule has 5 atom stereocenters. The number of phosphoric acid groups is 2. The molecular formula is C43H76O14P2. The number of rotatable bonds is 39. The van der Waals surface area contributed by atoms with Crippen LogP contribution in [0.1, 0.15) is 149 Å². The van der Waals surface area contributed by atoms with Gasteiger partial charge >= 0.3 is 27.6 Å². The minimum atomic E-state index is -4.89. The van der Waals surface area contributed by atoms with E-state index in [-0.39, 0.29) is 25.7 Å². The Morgan fingerprint density at radius 3 is 1.71 bits per heavy atom. The first kappa shape index (κ1) is 56.8. The SMILES string of the molecule is CC/C=C\C/C=C\C/C=C\C/C=C\C=C\C(O)CCCC(=O)O[C@H](COC(=O)CCCCCCCCCCCCC(C)CC)COP(=O)(O)OC[C@@H](O)COP(=O)(O)O. The zero-order valence-electron chi connectivity index (χ0n) is 35.9. The van der Waals surface area contributed by atoms with E-state index in [1.54, 1.807) is 12.2 Å². The second-order valence-corrected chi connectivity index (χ2v) is 17.4. The van der Waals surface area contributed by atoms with Gasteiger partial charge in [0, 0.05) is 12.8 Å². The topological polar surface area (TPSA) is 216 Å². The number of ether oxygens (including phenoxy) is 2. The van der Waals surface area contributed by atoms with E-state index in [1.807, 2.05) is 12.2 Å². The summed E-state index contributed by atoms with van der Waals surface area (Å²) in [4.78, 5) is 52.7. The van der Waals surface area contributed by atoms with Crippen molar-refractivity contribution in [3.05, 3.63) is 60.8 Å². The van der Waals surface area contributed by atoms with Crippen molar-refractivity contribution in [1.29, 1.82) is 0 Å². The lowest BCUT2D eigenvalue weighted by Crippen LogP contribution is -2.30. The number of esters is 2. The molecule has 0 spiro atoms. The Morgan fingerprint density at radius 1 is 0.593 bits per heavy atom. The summed E-state index contributed by atoms with van der Waals surface area (Å²) in [5, 5.41) is 20.0. The van der Waals surface area contributed by atoms with Gasteiger partial charge in [-0.25, -0.2) is 9.13 Å². The van der Waals surface area contributed by atoms with E-state index in [0.717, 1.165) is 50.9 Å². The summed E-state index contributed by atoms with van der Waals surface area (Å²) in [5.74, 6) is -0.425. The minimum absolute atomic E-state index is 0.101. The van der Waals surface area contributed by atoms with Gasteiger partial charge in [-0.2, -0.15) is 0 Å². The Balaban J connectivity index is 4.74. The molecule has 59 heavy (non-hydrogen) atoms. The number of allylic oxidation sites excluding steroid dienone is 9. The standard InChI is InChI=1S/C43H76O14P2/c1-4-6-7-8-9-10-11-12-13-17-20-23-26-30-39(44)31-28-33-43(47)57-41(37-56-59(51,52)55-35-40(45)34-54-58(48,49)50)36-53-42(46)32-27-24-21-18-15-14-16-19-22-25-29-38(3)5-2/h6-7,9-10,12-13,20,23,26,30,38-41,44-45H,4-5,8,11,14-19,21-22,24-25,27-29,31-37H2,1-3H3,(H,51,52)(H2,48,49,50)/b7-6-,10-9-,13-12-,23-20-,30-26+/t38?,39?,40-,41+/m0/s1. The Hall–Kier alpha value is -2.22. The molecule has 0 bridgehead atoms. The van der Waals surface area contributed by atoms with Crippen LogP contribution in [0.15, 0.2) is 60.8 Å². The van der Waals surface area contributed by atoms with Crippen LogP contribution in [0, 0.1) is 5.92 Å². The smallest absolute Gasteiger partial charge is 0.462 e. The van der Waals surface area contributed by atoms with Gasteiger partial charge in [-0.05, 0) is 50.9 Å². The van der Waals surface area contributed by atoms with Gasteiger partial charge in [-0.1, -0.05) is 152 Å². The third-order valence-corrected chi connectivity index (χ3v) is 10.5. The summed E-state index contributed by atoms with van der Waals surface area (Å²) in [6.45, 7) is 3.74. The van der Waals surface area contributed by atoms with Gasteiger partial charge in [0.05, 0.1) is 25.9 Å². The molecule has 0 saturated carbocycles. The van der Waals surface area contributed by atoms with Crippen molar-refractivity contribution in [3.63, 3.8) is 0 Å². The maximum absolute atomic E-state index is 12.7. The van der Waals surface area contributed by atoms with Crippen LogP contribution in [0.4, 0.5) is 0 Å². The van der Waals surface area contributed by atoms with Gasteiger partial charge in [-0.15, -0.1) is 0 Å². The van der Waals surface area contributed by atoms with Crippen LogP contribution < -0.4 is 0 Å². The molecule has 0 aliphatic carbocycles. The van der Waals surface area contributed by atoms with Crippen LogP contribution in [-0.4, -0.2) is 81.6 Å². The average molecular weight is 879 g/mol. The molecule has 0 heterocycles. The first-order chi connectivity index (χ1) is 28.2. The molecule has 342 valence electrons. The Labute approximate surface area is 354 Å². The van der Waals surface area contributed by atoms with E-state index in [4.69, 9.17) is 23.8 Å². The van der Waals surface area contributed by atoms with Gasteiger partial charge in [0.25, 0.3) is 0 Å². The van der Waals surface area contributed by atoms with Crippen molar-refractivity contribution in [2.24, 2.45) is 5.92 Å². The molecule has 3 unspecified atom stereocenters. The molecule has 0 rings (SSSR count). The van der Waals surface area contributed by atoms with Gasteiger partial charge in [0.2, 0.25) is 0 Å². The first-order valence-corrected chi connectivity index (χ1v) is 24.5. The normalized spacial score (nSPS) is 15.7. The molecule has 0 fully saturated rings. The quantitative estimate of drug-likeness (QED) is 0.0128. The fourth-order valence-corrected chi connectivity index (χ4v) is 6.57. The van der Waals surface area contributed by atoms with Crippen LogP contribution in [0.2, 0.25) is 0 Å². The largest absolute Gasteiger partial charge is 0.472 e. The Kier molecular flexibility index (Phi) is 36.1. The van der Waals surface area contributed by atoms with Crippen LogP contribution in [0.5, 0.6) is 0 Å². The highest BCUT2D eigenvalue weighted by atomic mass is 31.2. The van der Waals surface area contributed by atoms with Crippen LogP contribution in [-0.2, 0) is 41.8 Å². The second-order valence-electron chi connectivity index (χ2n) is 14.7. The van der Waals surface area contributed by atoms with E-state index in [9.17, 15) is 33.8 Å². The van der Waals surface area contributed by atoms with Gasteiger partial charge in [0.15, 0.2) is 6.10 Å². The van der Waals surface area contributed by atoms with Gasteiger partial charge < -0.3 is 34.4 Å². The number of unbranched alkanes of at least 4 members (excludes halogenated alkanes) is 9. The zero-order valence-corrected chi connectivity index (χ0v) is 37.6. The molecule has 14 nitrogen and oxygen atoms in total. The predicted molar refractivity (Wildman–Crippen MR) is 231 cm³/mol. The highest BCUT2D eigenvalue weighted by molar-refractivity contribution is 7.47. The molecule has 0 aromatic carbocycles. The fourth-order valence-electron chi connectivity index (χ4n) is 5.41. The maximum Gasteiger partial charge on any atom is 0.472 e. The van der Waals surface area contributed by atoms with Gasteiger partial charge in [0.1, 0.15) is 12.7 Å². The number of carbonyl (C=O) groups excluding carboxylic acids is 2. The summed E-state index contributed by atoms with van der Waals surface area (Å²) in [5.41, 5.74) is 0. The number of phosphoric ester groups is 2. The van der Waals surface area contributed by atoms with Crippen molar-refractivity contribution in [3.8, 4) is 0 Å². The van der Waals surface area contributed by atoms with E-state index < -0.39 is 72.3 Å². The van der Waals surface area contributed by atoms with E-state index in [2.05, 4.69) is 66.3 Å². The van der Waals surface area contributed by atoms with E-state index in [0.29, 0.717) is 6.42 Å². The van der Waals surface area contributed by atoms with Crippen molar-refractivity contribution in [2.75, 3.05) is 26.4 Å². The molecule has 16 heteroatoms. The monoisotopic (exact) mass is 878 g/mol. The number of hydrogen-bond donors (Lipinski definition) is 5. The lowest BCUT2D eigenvalue weighted by atomic mass is 9.99. The highest BCUT2D eigenvalue weighted by Gasteiger charge is 2.28. The van der Waals surface area contributed by atoms with Crippen molar-refractivity contribution >= 4 is 27.6 Å². The molecule has 0 saturated heterocycles. The Morgan fingerprint density at radius 2 is 1.12 bits per heavy atom. The first-order valence-electron chi connectivity index (χ1n) is 21.5. The molecule has 0 aromatic heterocycles. The van der Waals surface area contributed by atoms with E-state index >= 15 is 0 Å². The maximum atomic E-state index is 12.7. The fraction of sp³-hybridized carbons (Fsp3) is 0.721. The van der Waals surface area contributed by atoms with Crippen LogP contribution in [0.25, 0.3) is 0 Å². The molecule has 0 aromatic rings. The van der Waals surface area contributed by atoms with Crippen LogP contribution >= 0.6 is 15.6 Å². The van der Waals surface area contributed by atoms with Gasteiger partial charge in [-0.3, -0.25) is 23.2 Å². The molecular weight excluding hydrogens is 802 g/mol. The number of aliphatic hydroxyl groups excluding tert-OH is 2. The van der Waals surface area contributed by atoms with E-state index in [1.165, 1.54) is 51.4 Å². The lowest BCUT2D eigenvalue weighted by Gasteiger charge is -2.20. The minimum Gasteiger partial charge on any atom is -0.462 e. The lowest BCUT2D eigenvalue weighted by molar-refractivity contribution is -0.161. The number of carbonyl (C=O) groups is 2. The zero-order chi connectivity index (χ0) is 44.0. The van der Waals surface area contributed by atoms with Crippen molar-refractivity contribution in [2.45, 2.75) is 167 Å². The molecule has 0 radical (unpaired) electrons. The van der Waals surface area contributed by atoms with Crippen molar-refractivity contribution < 1.29 is 66.7 Å². The molecule has 0 amide bonds. The van der Waals surface area contributed by atoms with Crippen molar-refractivity contribution in [1.82, 2.24) is 0 Å². The third kappa shape index (κ3) is 40.9. The number of aliphatic hydroxyl groups is 2. The highest BCUT2D eigenvalue weighted by Crippen LogP contribution is 2.43. The Bertz CT molecular complexity index is 1310. The molecule has 5 N–H and O–H groups in total. The van der Waals surface area contributed by atoms with Crippen LogP contribution in [0.3, 0.4) is 0 Å². The summed E-state index contributed by atoms with van der Waals surface area (Å²) < 4.78 is 47.6. The second kappa shape index (κ2) is 37.5. The molecule has 0 aliphatic heterocycles. The summed E-state index contributed by atoms with van der Waals surface area (Å²) in [6.07, 6.45) is 33.9. The number of hydrogen-bond acceptors (Lipinski definition) is 11. The summed E-state index contributed by atoms with van der Waals surface area (Å²) in [6, 6.07) is 0. The summed E-state index contributed by atoms with van der Waals surface area (Å²) >= 11 is 0. The predicted octanol–water partition coefficient (Wildman–Crippen LogP) is 9.66. The third-order valence-electron chi connectivity index (χ3n) is 9.06. The molecule has 0 aliphatic rings. The summed E-state index contributed by atoms with van der Waals surface area (Å²) in [7, 11) is -9.75.